The van der Waals surface area contributed by atoms with Crippen LogP contribution >= 0.6 is 11.8 Å². The molecular formula is C23H23ClN3O4S-. The van der Waals surface area contributed by atoms with Gasteiger partial charge in [0, 0.05) is 48.5 Å². The van der Waals surface area contributed by atoms with Crippen molar-refractivity contribution in [1.82, 2.24) is 4.90 Å². The van der Waals surface area contributed by atoms with Gasteiger partial charge in [-0.05, 0) is 35.9 Å². The number of ether oxygens (including phenoxy) is 3. The van der Waals surface area contributed by atoms with Gasteiger partial charge in [-0.15, -0.1) is 0 Å². The number of benzene rings is 2. The molecule has 168 valence electrons. The number of nitrogens with zero attached hydrogens (tertiary/aromatic N) is 2. The summed E-state index contributed by atoms with van der Waals surface area (Å²) in [4.78, 5) is 15.1. The molecule has 0 saturated carbocycles. The van der Waals surface area contributed by atoms with Crippen molar-refractivity contribution in [3.05, 3.63) is 53.1 Å². The Hall–Kier alpha value is -2.86. The number of fused-ring (bicyclic) bond motifs is 1. The van der Waals surface area contributed by atoms with E-state index >= 15 is 0 Å². The van der Waals surface area contributed by atoms with Gasteiger partial charge in [0.1, 0.15) is 17.4 Å². The number of anilines is 1. The highest BCUT2D eigenvalue weighted by Gasteiger charge is 2.17. The summed E-state index contributed by atoms with van der Waals surface area (Å²) in [7, 11) is 1.65. The van der Waals surface area contributed by atoms with Crippen molar-refractivity contribution in [2.75, 3.05) is 43.8 Å². The fraction of sp³-hybridized carbons (Fsp3) is 0.304. The first-order valence-corrected chi connectivity index (χ1v) is 11.1. The topological polar surface area (TPSA) is 83.8 Å². The van der Waals surface area contributed by atoms with E-state index in [0.717, 1.165) is 48.0 Å². The molecule has 9 heteroatoms. The van der Waals surface area contributed by atoms with Crippen molar-refractivity contribution >= 4 is 29.4 Å². The van der Waals surface area contributed by atoms with Gasteiger partial charge >= 0.3 is 0 Å². The van der Waals surface area contributed by atoms with Crippen LogP contribution in [-0.4, -0.2) is 49.3 Å². The third-order valence-corrected chi connectivity index (χ3v) is 6.05. The molecule has 0 atom stereocenters. The number of methoxy groups -OCH3 is 1. The van der Waals surface area contributed by atoms with Crippen molar-refractivity contribution in [1.29, 1.82) is 5.26 Å². The summed E-state index contributed by atoms with van der Waals surface area (Å²) < 4.78 is 16.1. The predicted molar refractivity (Wildman–Crippen MR) is 120 cm³/mol. The number of amides is 1. The molecule has 1 fully saturated rings. The van der Waals surface area contributed by atoms with Crippen LogP contribution in [0.25, 0.3) is 6.08 Å². The van der Waals surface area contributed by atoms with Crippen LogP contribution in [-0.2, 0) is 11.3 Å². The Labute approximate surface area is 197 Å². The first-order chi connectivity index (χ1) is 15.2. The Morgan fingerprint density at radius 2 is 2.00 bits per heavy atom. The maximum absolute atomic E-state index is 12.7. The molecule has 2 aliphatic rings. The van der Waals surface area contributed by atoms with Crippen molar-refractivity contribution in [2.45, 2.75) is 6.54 Å². The van der Waals surface area contributed by atoms with E-state index in [1.807, 2.05) is 36.0 Å². The number of nitrogens with one attached hydrogen (secondary N) is 1. The second-order valence-electron chi connectivity index (χ2n) is 7.15. The third kappa shape index (κ3) is 5.68. The highest BCUT2D eigenvalue weighted by atomic mass is 35.5. The molecule has 0 radical (unpaired) electrons. The number of nitriles is 1. The molecule has 7 nitrogen and oxygen atoms in total. The largest absolute Gasteiger partial charge is 1.00 e. The van der Waals surface area contributed by atoms with Gasteiger partial charge in [0.15, 0.2) is 11.5 Å². The van der Waals surface area contributed by atoms with E-state index in [1.165, 1.54) is 0 Å². The van der Waals surface area contributed by atoms with Crippen LogP contribution in [0.5, 0.6) is 17.2 Å². The minimum Gasteiger partial charge on any atom is -1.00 e. The zero-order valence-electron chi connectivity index (χ0n) is 17.6. The Bertz CT molecular complexity index is 1050. The van der Waals surface area contributed by atoms with Gasteiger partial charge < -0.3 is 31.9 Å². The molecule has 4 rings (SSSR count). The van der Waals surface area contributed by atoms with Crippen LogP contribution in [0.15, 0.2) is 42.0 Å². The second kappa shape index (κ2) is 11.1. The van der Waals surface area contributed by atoms with Crippen LogP contribution in [0.3, 0.4) is 0 Å². The molecule has 1 amide bonds. The van der Waals surface area contributed by atoms with Crippen LogP contribution in [0, 0.1) is 11.3 Å². The monoisotopic (exact) mass is 472 g/mol. The maximum atomic E-state index is 12.7. The number of carbonyl (C=O) groups excluding carboxylic acids is 1. The average molecular weight is 473 g/mol. The minimum atomic E-state index is -0.480. The first-order valence-electron chi connectivity index (χ1n) is 9.96. The summed E-state index contributed by atoms with van der Waals surface area (Å²) in [5, 5.41) is 12.3. The summed E-state index contributed by atoms with van der Waals surface area (Å²) in [5.41, 5.74) is 2.37. The molecular weight excluding hydrogens is 450 g/mol. The quantitative estimate of drug-likeness (QED) is 0.485. The predicted octanol–water partition coefficient (Wildman–Crippen LogP) is 0.522. The number of halogens is 1. The molecule has 2 aliphatic heterocycles. The Morgan fingerprint density at radius 1 is 1.22 bits per heavy atom. The fourth-order valence-electron chi connectivity index (χ4n) is 3.50. The second-order valence-corrected chi connectivity index (χ2v) is 8.38. The van der Waals surface area contributed by atoms with Gasteiger partial charge in [-0.3, -0.25) is 9.69 Å². The molecule has 2 heterocycles. The normalized spacial score (nSPS) is 15.4. The van der Waals surface area contributed by atoms with Gasteiger partial charge in [-0.1, -0.05) is 6.07 Å². The smallest absolute Gasteiger partial charge is 0.266 e. The highest BCUT2D eigenvalue weighted by molar-refractivity contribution is 7.99. The zero-order chi connectivity index (χ0) is 21.6. The average Bonchev–Trinajstić information content (AvgIpc) is 3.26. The number of thioether (sulfide) groups is 1. The van der Waals surface area contributed by atoms with E-state index < -0.39 is 5.91 Å². The lowest BCUT2D eigenvalue weighted by atomic mass is 10.1. The van der Waals surface area contributed by atoms with Gasteiger partial charge in [0.25, 0.3) is 5.91 Å². The first kappa shape index (κ1) is 23.8. The lowest BCUT2D eigenvalue weighted by Crippen LogP contribution is -3.00. The van der Waals surface area contributed by atoms with E-state index in [2.05, 4.69) is 10.2 Å². The summed E-state index contributed by atoms with van der Waals surface area (Å²) in [6, 6.07) is 12.8. The van der Waals surface area contributed by atoms with Gasteiger partial charge in [-0.2, -0.15) is 17.0 Å². The number of hydrogen-bond donors (Lipinski definition) is 1. The van der Waals surface area contributed by atoms with E-state index in [-0.39, 0.29) is 24.8 Å². The van der Waals surface area contributed by atoms with E-state index in [9.17, 15) is 10.1 Å². The molecule has 0 unspecified atom stereocenters. The molecule has 0 aliphatic carbocycles. The van der Waals surface area contributed by atoms with Crippen LogP contribution < -0.4 is 31.9 Å². The van der Waals surface area contributed by atoms with Gasteiger partial charge in [0.2, 0.25) is 6.79 Å². The van der Waals surface area contributed by atoms with E-state index in [4.69, 9.17) is 14.2 Å². The molecule has 2 aromatic rings. The summed E-state index contributed by atoms with van der Waals surface area (Å²) in [5.74, 6) is 3.77. The minimum absolute atomic E-state index is 0. The number of carbonyl (C=O) groups is 1. The Morgan fingerprint density at radius 3 is 2.75 bits per heavy atom. The van der Waals surface area contributed by atoms with Crippen molar-refractivity contribution in [2.24, 2.45) is 0 Å². The molecule has 0 spiro atoms. The lowest BCUT2D eigenvalue weighted by Gasteiger charge is -2.26. The summed E-state index contributed by atoms with van der Waals surface area (Å²) in [6.07, 6.45) is 1.59. The van der Waals surface area contributed by atoms with Gasteiger partial charge in [-0.25, -0.2) is 0 Å². The summed E-state index contributed by atoms with van der Waals surface area (Å²) >= 11 is 1.97. The van der Waals surface area contributed by atoms with Crippen LogP contribution in [0.1, 0.15) is 11.1 Å². The van der Waals surface area contributed by atoms with Crippen LogP contribution in [0.2, 0.25) is 0 Å². The fourth-order valence-corrected chi connectivity index (χ4v) is 4.48. The molecule has 32 heavy (non-hydrogen) atoms. The number of hydrogen-bond acceptors (Lipinski definition) is 7. The molecule has 0 aromatic heterocycles. The molecule has 2 aromatic carbocycles. The Balaban J connectivity index is 0.00000289. The maximum Gasteiger partial charge on any atom is 0.266 e. The molecule has 0 bridgehead atoms. The Kier molecular flexibility index (Phi) is 8.28. The SMILES string of the molecule is COc1ccc(/C=C(\C#N)C(=O)Nc2ccc3c(c2)OCO3)cc1CN1CCSCC1.[Cl-]. The van der Waals surface area contributed by atoms with Gasteiger partial charge in [0.05, 0.1) is 7.11 Å². The van der Waals surface area contributed by atoms with Crippen molar-refractivity contribution in [3.63, 3.8) is 0 Å². The van der Waals surface area contributed by atoms with Crippen molar-refractivity contribution < 1.29 is 31.4 Å². The van der Waals surface area contributed by atoms with E-state index in [1.54, 1.807) is 31.4 Å². The number of rotatable bonds is 6. The summed E-state index contributed by atoms with van der Waals surface area (Å²) in [6.45, 7) is 3.01. The van der Waals surface area contributed by atoms with Crippen molar-refractivity contribution in [3.8, 4) is 23.3 Å². The molecule has 1 saturated heterocycles. The highest BCUT2D eigenvalue weighted by Crippen LogP contribution is 2.34. The molecule has 1 N–H and O–H groups in total. The lowest BCUT2D eigenvalue weighted by molar-refractivity contribution is -0.112. The zero-order valence-corrected chi connectivity index (χ0v) is 19.2. The van der Waals surface area contributed by atoms with E-state index in [0.29, 0.717) is 17.2 Å². The van der Waals surface area contributed by atoms with Crippen LogP contribution in [0.4, 0.5) is 5.69 Å². The standard InChI is InChI=1S/C23H23N3O4S.ClH/c1-28-20-4-2-16(11-18(20)14-26-6-8-31-9-7-26)10-17(13-24)23(27)25-19-3-5-21-22(12-19)30-15-29-21;/h2-5,10-12H,6-9,14-15H2,1H3,(H,25,27);1H/p-1/b17-10+;. The third-order valence-electron chi connectivity index (χ3n) is 5.11.